The van der Waals surface area contributed by atoms with E-state index in [9.17, 15) is 4.79 Å². The molecule has 1 amide bonds. The van der Waals surface area contributed by atoms with Gasteiger partial charge < -0.3 is 10.1 Å². The molecule has 3 aromatic carbocycles. The minimum Gasteiger partial charge on any atom is -0.493 e. The van der Waals surface area contributed by atoms with Crippen molar-refractivity contribution in [1.29, 1.82) is 0 Å². The van der Waals surface area contributed by atoms with Gasteiger partial charge in [0.1, 0.15) is 11.8 Å². The second-order valence-electron chi connectivity index (χ2n) is 7.81. The Hall–Kier alpha value is -2.82. The predicted octanol–water partition coefficient (Wildman–Crippen LogP) is 5.03. The zero-order valence-corrected chi connectivity index (χ0v) is 18.4. The van der Waals surface area contributed by atoms with E-state index in [0.29, 0.717) is 0 Å². The molecule has 0 aromatic heterocycles. The van der Waals surface area contributed by atoms with Gasteiger partial charge in [-0.1, -0.05) is 66.2 Å². The van der Waals surface area contributed by atoms with E-state index in [-0.39, 0.29) is 11.9 Å². The quantitative estimate of drug-likeness (QED) is 0.523. The molecular formula is C26H27ClN2O2. The molecule has 160 valence electrons. The second kappa shape index (κ2) is 9.99. The number of carbonyl (C=O) groups excluding carboxylic acids is 1. The van der Waals surface area contributed by atoms with Crippen LogP contribution in [0.3, 0.4) is 0 Å². The highest BCUT2D eigenvalue weighted by molar-refractivity contribution is 6.30. The van der Waals surface area contributed by atoms with Gasteiger partial charge in [-0.3, -0.25) is 10.1 Å². The van der Waals surface area contributed by atoms with E-state index in [1.807, 2.05) is 48.5 Å². The summed E-state index contributed by atoms with van der Waals surface area (Å²) in [5.74, 6) is 0.915. The number of ether oxygens (including phenoxy) is 1. The molecule has 0 bridgehead atoms. The maximum absolute atomic E-state index is 12.8. The molecular weight excluding hydrogens is 408 g/mol. The van der Waals surface area contributed by atoms with E-state index >= 15 is 0 Å². The molecule has 0 unspecified atom stereocenters. The lowest BCUT2D eigenvalue weighted by Crippen LogP contribution is -2.38. The summed E-state index contributed by atoms with van der Waals surface area (Å²) in [5.41, 5.74) is 4.56. The maximum atomic E-state index is 12.8. The molecule has 5 heteroatoms. The molecule has 4 rings (SSSR count). The van der Waals surface area contributed by atoms with Gasteiger partial charge in [0, 0.05) is 24.5 Å². The third kappa shape index (κ3) is 5.27. The van der Waals surface area contributed by atoms with Crippen LogP contribution in [0.15, 0.2) is 72.8 Å². The topological polar surface area (TPSA) is 50.4 Å². The smallest absolute Gasteiger partial charge is 0.241 e. The number of likely N-dealkylation sites (N-methyl/N-ethyl adjacent to an activating group) is 1. The normalized spacial score (nSPS) is 14.4. The number of rotatable bonds is 8. The van der Waals surface area contributed by atoms with E-state index in [1.54, 1.807) is 7.05 Å². The Morgan fingerprint density at radius 2 is 1.81 bits per heavy atom. The summed E-state index contributed by atoms with van der Waals surface area (Å²) < 4.78 is 5.68. The summed E-state index contributed by atoms with van der Waals surface area (Å²) in [6, 6.07) is 23.7. The van der Waals surface area contributed by atoms with Gasteiger partial charge in [-0.2, -0.15) is 0 Å². The van der Waals surface area contributed by atoms with Crippen molar-refractivity contribution in [2.75, 3.05) is 13.7 Å². The standard InChI is InChI=1S/C26H27ClN2O2/c1-28-26(30)25(19-5-3-2-4-6-19)29-23(13-9-18-7-11-22(27)12-8-18)20-10-14-24-21(17-20)15-16-31-24/h2-8,10-12,14,17,23,25,29H,9,13,15-16H2,1H3,(H,28,30)/t23-,25-/m1/s1. The van der Waals surface area contributed by atoms with Crippen LogP contribution in [0.25, 0.3) is 0 Å². The van der Waals surface area contributed by atoms with Crippen LogP contribution in [-0.4, -0.2) is 19.6 Å². The monoisotopic (exact) mass is 434 g/mol. The number of halogens is 1. The molecule has 1 heterocycles. The van der Waals surface area contributed by atoms with Gasteiger partial charge in [-0.15, -0.1) is 0 Å². The van der Waals surface area contributed by atoms with E-state index in [2.05, 4.69) is 34.9 Å². The molecule has 0 saturated heterocycles. The molecule has 4 nitrogen and oxygen atoms in total. The molecule has 31 heavy (non-hydrogen) atoms. The van der Waals surface area contributed by atoms with Crippen LogP contribution in [0, 0.1) is 0 Å². The zero-order chi connectivity index (χ0) is 21.6. The van der Waals surface area contributed by atoms with Crippen LogP contribution < -0.4 is 15.4 Å². The molecule has 0 spiro atoms. The van der Waals surface area contributed by atoms with Crippen molar-refractivity contribution in [2.24, 2.45) is 0 Å². The minimum atomic E-state index is -0.439. The largest absolute Gasteiger partial charge is 0.493 e. The lowest BCUT2D eigenvalue weighted by atomic mass is 9.95. The summed E-state index contributed by atoms with van der Waals surface area (Å²) in [4.78, 5) is 12.8. The lowest BCUT2D eigenvalue weighted by molar-refractivity contribution is -0.123. The van der Waals surface area contributed by atoms with Crippen LogP contribution in [0.4, 0.5) is 0 Å². The molecule has 0 fully saturated rings. The Morgan fingerprint density at radius 3 is 2.55 bits per heavy atom. The molecule has 1 aliphatic rings. The van der Waals surface area contributed by atoms with E-state index < -0.39 is 6.04 Å². The number of amides is 1. The highest BCUT2D eigenvalue weighted by atomic mass is 35.5. The fourth-order valence-electron chi connectivity index (χ4n) is 4.05. The molecule has 0 radical (unpaired) electrons. The molecule has 2 atom stereocenters. The Labute approximate surface area is 188 Å². The number of nitrogens with one attached hydrogen (secondary N) is 2. The summed E-state index contributed by atoms with van der Waals surface area (Å²) >= 11 is 6.04. The van der Waals surface area contributed by atoms with Crippen molar-refractivity contribution < 1.29 is 9.53 Å². The highest BCUT2D eigenvalue weighted by Crippen LogP contribution is 2.31. The van der Waals surface area contributed by atoms with Crippen molar-refractivity contribution in [2.45, 2.75) is 31.3 Å². The number of hydrogen-bond donors (Lipinski definition) is 2. The summed E-state index contributed by atoms with van der Waals surface area (Å²) in [7, 11) is 1.68. The number of fused-ring (bicyclic) bond motifs is 1. The van der Waals surface area contributed by atoms with E-state index in [0.717, 1.165) is 42.2 Å². The Morgan fingerprint density at radius 1 is 1.03 bits per heavy atom. The summed E-state index contributed by atoms with van der Waals surface area (Å²) in [6.45, 7) is 0.729. The number of aryl methyl sites for hydroxylation is 1. The Balaban J connectivity index is 1.61. The van der Waals surface area contributed by atoms with Crippen LogP contribution >= 0.6 is 11.6 Å². The average molecular weight is 435 g/mol. The Bertz CT molecular complexity index is 1020. The second-order valence-corrected chi connectivity index (χ2v) is 8.24. The first-order chi connectivity index (χ1) is 15.1. The first kappa shape index (κ1) is 21.4. The number of benzene rings is 3. The van der Waals surface area contributed by atoms with Gasteiger partial charge in [0.2, 0.25) is 5.91 Å². The van der Waals surface area contributed by atoms with Crippen LogP contribution in [0.5, 0.6) is 5.75 Å². The fraction of sp³-hybridized carbons (Fsp3) is 0.269. The maximum Gasteiger partial charge on any atom is 0.241 e. The van der Waals surface area contributed by atoms with Crippen molar-refractivity contribution >= 4 is 17.5 Å². The first-order valence-electron chi connectivity index (χ1n) is 10.7. The van der Waals surface area contributed by atoms with Crippen LogP contribution in [0.1, 0.15) is 40.8 Å². The zero-order valence-electron chi connectivity index (χ0n) is 17.6. The fourth-order valence-corrected chi connectivity index (χ4v) is 4.17. The van der Waals surface area contributed by atoms with Gasteiger partial charge in [0.15, 0.2) is 0 Å². The van der Waals surface area contributed by atoms with Gasteiger partial charge in [0.25, 0.3) is 0 Å². The van der Waals surface area contributed by atoms with Crippen LogP contribution in [-0.2, 0) is 17.6 Å². The number of carbonyl (C=O) groups is 1. The molecule has 2 N–H and O–H groups in total. The third-order valence-electron chi connectivity index (χ3n) is 5.76. The van der Waals surface area contributed by atoms with Crippen molar-refractivity contribution in [3.05, 3.63) is 100 Å². The first-order valence-corrected chi connectivity index (χ1v) is 11.0. The van der Waals surface area contributed by atoms with Gasteiger partial charge in [-0.25, -0.2) is 0 Å². The van der Waals surface area contributed by atoms with Crippen LogP contribution in [0.2, 0.25) is 5.02 Å². The van der Waals surface area contributed by atoms with Crippen molar-refractivity contribution in [1.82, 2.24) is 10.6 Å². The van der Waals surface area contributed by atoms with Crippen molar-refractivity contribution in [3.63, 3.8) is 0 Å². The number of hydrogen-bond acceptors (Lipinski definition) is 3. The molecule has 0 saturated carbocycles. The summed E-state index contributed by atoms with van der Waals surface area (Å²) in [6.07, 6.45) is 2.64. The van der Waals surface area contributed by atoms with Gasteiger partial charge in [0.05, 0.1) is 6.61 Å². The van der Waals surface area contributed by atoms with Gasteiger partial charge >= 0.3 is 0 Å². The lowest BCUT2D eigenvalue weighted by Gasteiger charge is -2.26. The SMILES string of the molecule is CNC(=O)[C@H](N[C@H](CCc1ccc(Cl)cc1)c1ccc2c(c1)CCO2)c1ccccc1. The Kier molecular flexibility index (Phi) is 6.90. The molecule has 0 aliphatic carbocycles. The summed E-state index contributed by atoms with van der Waals surface area (Å²) in [5, 5.41) is 7.17. The van der Waals surface area contributed by atoms with E-state index in [4.69, 9.17) is 16.3 Å². The average Bonchev–Trinajstić information content (AvgIpc) is 3.28. The highest BCUT2D eigenvalue weighted by Gasteiger charge is 2.25. The minimum absolute atomic E-state index is 0.00378. The van der Waals surface area contributed by atoms with Crippen molar-refractivity contribution in [3.8, 4) is 5.75 Å². The molecule has 1 aliphatic heterocycles. The predicted molar refractivity (Wildman–Crippen MR) is 125 cm³/mol. The van der Waals surface area contributed by atoms with Gasteiger partial charge in [-0.05, 0) is 53.3 Å². The third-order valence-corrected chi connectivity index (χ3v) is 6.01. The van der Waals surface area contributed by atoms with E-state index in [1.165, 1.54) is 16.7 Å². The molecule has 3 aromatic rings.